The number of methoxy groups -OCH3 is 1. The van der Waals surface area contributed by atoms with E-state index >= 15 is 0 Å². The van der Waals surface area contributed by atoms with Crippen LogP contribution in [0.1, 0.15) is 31.0 Å². The Hall–Kier alpha value is -0.710. The molecule has 1 aromatic heterocycles. The molecule has 0 bridgehead atoms. The summed E-state index contributed by atoms with van der Waals surface area (Å²) in [5.74, 6) is 0.706. The zero-order chi connectivity index (χ0) is 13.4. The van der Waals surface area contributed by atoms with Gasteiger partial charge in [0.25, 0.3) is 0 Å². The maximum atomic E-state index is 6.17. The van der Waals surface area contributed by atoms with Gasteiger partial charge in [-0.1, -0.05) is 18.0 Å². The van der Waals surface area contributed by atoms with E-state index in [1.807, 2.05) is 12.1 Å². The van der Waals surface area contributed by atoms with Gasteiger partial charge in [0.2, 0.25) is 0 Å². The van der Waals surface area contributed by atoms with Gasteiger partial charge in [-0.05, 0) is 47.4 Å². The lowest BCUT2D eigenvalue weighted by Crippen LogP contribution is -2.27. The van der Waals surface area contributed by atoms with Gasteiger partial charge in [-0.2, -0.15) is 0 Å². The van der Waals surface area contributed by atoms with Crippen molar-refractivity contribution >= 4 is 38.4 Å². The first-order valence-corrected chi connectivity index (χ1v) is 7.66. The predicted octanol–water partition coefficient (Wildman–Crippen LogP) is 4.41. The topological polar surface area (TPSA) is 37.0 Å². The molecular formula is C14H16BrClN2O. The molecule has 1 fully saturated rings. The molecule has 2 N–H and O–H groups in total. The third-order valence-corrected chi connectivity index (χ3v) is 4.84. The fourth-order valence-electron chi connectivity index (χ4n) is 2.68. The van der Waals surface area contributed by atoms with Gasteiger partial charge in [-0.3, -0.25) is 0 Å². The number of aromatic amines is 1. The van der Waals surface area contributed by atoms with Crippen molar-refractivity contribution in [1.82, 2.24) is 10.3 Å². The minimum absolute atomic E-state index is 0.389. The fraction of sp³-hybridized carbons (Fsp3) is 0.429. The first kappa shape index (κ1) is 13.3. The lowest BCUT2D eigenvalue weighted by molar-refractivity contribution is 0.406. The fourth-order valence-corrected chi connectivity index (χ4v) is 3.62. The lowest BCUT2D eigenvalue weighted by atomic mass is 10.0. The van der Waals surface area contributed by atoms with Gasteiger partial charge in [0.05, 0.1) is 12.1 Å². The molecule has 0 radical (unpaired) electrons. The highest BCUT2D eigenvalue weighted by atomic mass is 79.9. The second-order valence-corrected chi connectivity index (χ2v) is 6.09. The van der Waals surface area contributed by atoms with Gasteiger partial charge < -0.3 is 15.0 Å². The summed E-state index contributed by atoms with van der Waals surface area (Å²) in [7, 11) is 1.64. The summed E-state index contributed by atoms with van der Waals surface area (Å²) in [6.45, 7) is 1.08. The zero-order valence-corrected chi connectivity index (χ0v) is 13.1. The summed E-state index contributed by atoms with van der Waals surface area (Å²) in [6.07, 6.45) is 3.69. The van der Waals surface area contributed by atoms with E-state index in [0.29, 0.717) is 16.8 Å². The average molecular weight is 344 g/mol. The number of fused-ring (bicyclic) bond motifs is 1. The number of piperidine rings is 1. The van der Waals surface area contributed by atoms with Crippen LogP contribution in [0.15, 0.2) is 16.6 Å². The van der Waals surface area contributed by atoms with Crippen LogP contribution in [0.4, 0.5) is 0 Å². The van der Waals surface area contributed by atoms with E-state index in [1.54, 1.807) is 7.11 Å². The first-order chi connectivity index (χ1) is 9.20. The molecule has 102 valence electrons. The van der Waals surface area contributed by atoms with Crippen molar-refractivity contribution in [3.8, 4) is 5.75 Å². The Balaban J connectivity index is 2.08. The molecule has 1 aliphatic rings. The molecule has 0 spiro atoms. The van der Waals surface area contributed by atoms with E-state index in [-0.39, 0.29) is 0 Å². The van der Waals surface area contributed by atoms with E-state index < -0.39 is 0 Å². The quantitative estimate of drug-likeness (QED) is 0.847. The van der Waals surface area contributed by atoms with E-state index in [0.717, 1.165) is 28.3 Å². The number of hydrogen-bond donors (Lipinski definition) is 2. The molecule has 1 unspecified atom stereocenters. The molecule has 0 saturated carbocycles. The number of benzene rings is 1. The van der Waals surface area contributed by atoms with Crippen molar-refractivity contribution in [3.63, 3.8) is 0 Å². The highest BCUT2D eigenvalue weighted by Gasteiger charge is 2.21. The summed E-state index contributed by atoms with van der Waals surface area (Å²) in [4.78, 5) is 3.48. The molecule has 5 heteroatoms. The Morgan fingerprint density at radius 2 is 2.21 bits per heavy atom. The summed E-state index contributed by atoms with van der Waals surface area (Å²) in [5.41, 5.74) is 2.25. The highest BCUT2D eigenvalue weighted by Crippen LogP contribution is 2.38. The summed E-state index contributed by atoms with van der Waals surface area (Å²) >= 11 is 9.88. The van der Waals surface area contributed by atoms with E-state index in [9.17, 15) is 0 Å². The number of rotatable bonds is 2. The van der Waals surface area contributed by atoms with Crippen molar-refractivity contribution < 1.29 is 4.74 Å². The van der Waals surface area contributed by atoms with E-state index in [2.05, 4.69) is 26.2 Å². The van der Waals surface area contributed by atoms with Crippen LogP contribution in [0.3, 0.4) is 0 Å². The van der Waals surface area contributed by atoms with Crippen LogP contribution in [0.5, 0.6) is 5.75 Å². The standard InChI is InChI=1S/C14H16BrClN2O/c1-19-12-6-8-11(7-9(12)16)18-14(13(8)15)10-4-2-3-5-17-10/h6-7,10,17-18H,2-5H2,1H3. The molecule has 1 saturated heterocycles. The Labute approximate surface area is 125 Å². The van der Waals surface area contributed by atoms with E-state index in [1.165, 1.54) is 18.5 Å². The Morgan fingerprint density at radius 1 is 1.37 bits per heavy atom. The van der Waals surface area contributed by atoms with Gasteiger partial charge >= 0.3 is 0 Å². The number of aromatic nitrogens is 1. The smallest absolute Gasteiger partial charge is 0.138 e. The number of H-pyrrole nitrogens is 1. The molecule has 2 heterocycles. The molecular weight excluding hydrogens is 328 g/mol. The normalized spacial score (nSPS) is 19.8. The van der Waals surface area contributed by atoms with Crippen molar-refractivity contribution in [3.05, 3.63) is 27.3 Å². The maximum Gasteiger partial charge on any atom is 0.138 e. The van der Waals surface area contributed by atoms with Crippen molar-refractivity contribution in [2.75, 3.05) is 13.7 Å². The Morgan fingerprint density at radius 3 is 2.89 bits per heavy atom. The third kappa shape index (κ3) is 2.37. The van der Waals surface area contributed by atoms with Crippen LogP contribution >= 0.6 is 27.5 Å². The van der Waals surface area contributed by atoms with Gasteiger partial charge in [-0.25, -0.2) is 0 Å². The van der Waals surface area contributed by atoms with E-state index in [4.69, 9.17) is 16.3 Å². The van der Waals surface area contributed by atoms with Crippen molar-refractivity contribution in [1.29, 1.82) is 0 Å². The summed E-state index contributed by atoms with van der Waals surface area (Å²) < 4.78 is 6.39. The van der Waals surface area contributed by atoms with Gasteiger partial charge in [0.15, 0.2) is 0 Å². The summed E-state index contributed by atoms with van der Waals surface area (Å²) in [5, 5.41) is 5.30. The lowest BCUT2D eigenvalue weighted by Gasteiger charge is -2.22. The van der Waals surface area contributed by atoms with Gasteiger partial charge in [0, 0.05) is 27.1 Å². The minimum atomic E-state index is 0.389. The van der Waals surface area contributed by atoms with Crippen LogP contribution in [0, 0.1) is 0 Å². The first-order valence-electron chi connectivity index (χ1n) is 6.48. The van der Waals surface area contributed by atoms with Crippen LogP contribution in [0.2, 0.25) is 5.02 Å². The molecule has 1 aromatic carbocycles. The third-order valence-electron chi connectivity index (χ3n) is 3.69. The Kier molecular flexibility index (Phi) is 3.74. The summed E-state index contributed by atoms with van der Waals surface area (Å²) in [6, 6.07) is 4.29. The molecule has 19 heavy (non-hydrogen) atoms. The average Bonchev–Trinajstić information content (AvgIpc) is 2.75. The van der Waals surface area contributed by atoms with Crippen LogP contribution in [-0.4, -0.2) is 18.6 Å². The van der Waals surface area contributed by atoms with Gasteiger partial charge in [-0.15, -0.1) is 0 Å². The molecule has 3 rings (SSSR count). The highest BCUT2D eigenvalue weighted by molar-refractivity contribution is 9.10. The molecule has 0 amide bonds. The van der Waals surface area contributed by atoms with Gasteiger partial charge in [0.1, 0.15) is 5.75 Å². The van der Waals surface area contributed by atoms with Crippen LogP contribution < -0.4 is 10.1 Å². The zero-order valence-electron chi connectivity index (χ0n) is 10.7. The number of hydrogen-bond acceptors (Lipinski definition) is 2. The largest absolute Gasteiger partial charge is 0.495 e. The second kappa shape index (κ2) is 5.35. The monoisotopic (exact) mass is 342 g/mol. The molecule has 2 aromatic rings. The number of nitrogens with one attached hydrogen (secondary N) is 2. The minimum Gasteiger partial charge on any atom is -0.495 e. The predicted molar refractivity (Wildman–Crippen MR) is 82.2 cm³/mol. The van der Waals surface area contributed by atoms with Crippen LogP contribution in [0.25, 0.3) is 10.9 Å². The molecule has 3 nitrogen and oxygen atoms in total. The van der Waals surface area contributed by atoms with Crippen molar-refractivity contribution in [2.45, 2.75) is 25.3 Å². The number of halogens is 2. The molecule has 1 atom stereocenters. The molecule has 1 aliphatic heterocycles. The Bertz CT molecular complexity index is 605. The maximum absolute atomic E-state index is 6.17. The SMILES string of the molecule is COc1cc2c(Br)c(C3CCCCN3)[nH]c2cc1Cl. The molecule has 0 aliphatic carbocycles. The number of ether oxygens (including phenoxy) is 1. The second-order valence-electron chi connectivity index (χ2n) is 4.89. The van der Waals surface area contributed by atoms with Crippen molar-refractivity contribution in [2.24, 2.45) is 0 Å². The van der Waals surface area contributed by atoms with Crippen LogP contribution in [-0.2, 0) is 0 Å².